The van der Waals surface area contributed by atoms with Crippen molar-refractivity contribution in [2.75, 3.05) is 27.2 Å². The second-order valence-electron chi connectivity index (χ2n) is 7.09. The number of carbonyl (C=O) groups is 1. The summed E-state index contributed by atoms with van der Waals surface area (Å²) in [6.45, 7) is 1.83. The van der Waals surface area contributed by atoms with E-state index >= 15 is 0 Å². The van der Waals surface area contributed by atoms with Crippen molar-refractivity contribution in [3.63, 3.8) is 0 Å². The lowest BCUT2D eigenvalue weighted by atomic mass is 9.64. The third kappa shape index (κ3) is 7.68. The molecule has 1 fully saturated rings. The monoisotopic (exact) mass is 487 g/mol. The van der Waals surface area contributed by atoms with Gasteiger partial charge in [-0.1, -0.05) is 49.6 Å². The number of hydrogen-bond acceptors (Lipinski definition) is 3. The summed E-state index contributed by atoms with van der Waals surface area (Å²) in [4.78, 5) is 15.4. The molecule has 1 aromatic rings. The molecule has 1 aliphatic rings. The number of nitrogens with one attached hydrogen (secondary N) is 2. The number of guanidine groups is 1. The van der Waals surface area contributed by atoms with Gasteiger partial charge in [0.2, 0.25) is 0 Å². The molecule has 0 aliphatic heterocycles. The Hall–Kier alpha value is -1.31. The van der Waals surface area contributed by atoms with E-state index in [9.17, 15) is 4.79 Å². The Bertz CT molecular complexity index is 574. The molecule has 0 heterocycles. The van der Waals surface area contributed by atoms with Crippen molar-refractivity contribution in [2.45, 2.75) is 56.8 Å². The van der Waals surface area contributed by atoms with Crippen LogP contribution in [-0.4, -0.2) is 39.2 Å². The lowest BCUT2D eigenvalue weighted by Crippen LogP contribution is -2.49. The fraction of sp³-hybridized carbons (Fsp3) is 0.619. The minimum absolute atomic E-state index is 0. The molecule has 0 unspecified atom stereocenters. The lowest BCUT2D eigenvalue weighted by molar-refractivity contribution is -0.140. The first-order valence-electron chi connectivity index (χ1n) is 9.77. The molecule has 1 saturated carbocycles. The summed E-state index contributed by atoms with van der Waals surface area (Å²) in [6.07, 6.45) is 8.44. The van der Waals surface area contributed by atoms with Crippen LogP contribution in [0, 0.1) is 0 Å². The second kappa shape index (κ2) is 13.0. The number of halogens is 1. The van der Waals surface area contributed by atoms with Gasteiger partial charge in [-0.05, 0) is 31.2 Å². The molecule has 2 N–H and O–H groups in total. The van der Waals surface area contributed by atoms with Crippen LogP contribution in [0.4, 0.5) is 0 Å². The van der Waals surface area contributed by atoms with Gasteiger partial charge in [0.05, 0.1) is 7.11 Å². The molecule has 0 aromatic heterocycles. The highest BCUT2D eigenvalue weighted by molar-refractivity contribution is 14.0. The Morgan fingerprint density at radius 1 is 1.11 bits per heavy atom. The van der Waals surface area contributed by atoms with E-state index in [2.05, 4.69) is 50.7 Å². The molecule has 27 heavy (non-hydrogen) atoms. The first kappa shape index (κ1) is 23.7. The quantitative estimate of drug-likeness (QED) is 0.172. The van der Waals surface area contributed by atoms with Gasteiger partial charge in [0.15, 0.2) is 5.96 Å². The smallest absolute Gasteiger partial charge is 0.305 e. The number of esters is 1. The molecule has 1 aromatic carbocycles. The van der Waals surface area contributed by atoms with E-state index in [0.717, 1.165) is 44.7 Å². The van der Waals surface area contributed by atoms with Crippen molar-refractivity contribution in [2.24, 2.45) is 4.99 Å². The maximum atomic E-state index is 11.1. The normalized spacial score (nSPS) is 15.3. The molecule has 5 nitrogen and oxygen atoms in total. The summed E-state index contributed by atoms with van der Waals surface area (Å²) in [5.41, 5.74) is 1.69. The number of benzene rings is 1. The first-order valence-corrected chi connectivity index (χ1v) is 9.77. The maximum absolute atomic E-state index is 11.1. The van der Waals surface area contributed by atoms with Gasteiger partial charge >= 0.3 is 5.97 Å². The number of hydrogen-bond donors (Lipinski definition) is 2. The van der Waals surface area contributed by atoms with E-state index in [-0.39, 0.29) is 35.4 Å². The van der Waals surface area contributed by atoms with Crippen LogP contribution in [0.5, 0.6) is 0 Å². The zero-order valence-electron chi connectivity index (χ0n) is 16.6. The van der Waals surface area contributed by atoms with Gasteiger partial charge in [0.25, 0.3) is 0 Å². The number of aliphatic imine (C=N–C) groups is 1. The summed E-state index contributed by atoms with van der Waals surface area (Å²) in [7, 11) is 3.26. The lowest BCUT2D eigenvalue weighted by Gasteiger charge is -2.43. The molecule has 0 bridgehead atoms. The predicted octanol–water partition coefficient (Wildman–Crippen LogP) is 4.01. The van der Waals surface area contributed by atoms with Crippen LogP contribution in [0.15, 0.2) is 35.3 Å². The van der Waals surface area contributed by atoms with E-state index in [0.29, 0.717) is 6.42 Å². The van der Waals surface area contributed by atoms with Crippen LogP contribution in [0.1, 0.15) is 56.9 Å². The van der Waals surface area contributed by atoms with Crippen molar-refractivity contribution in [1.82, 2.24) is 10.6 Å². The summed E-state index contributed by atoms with van der Waals surface area (Å²) < 4.78 is 4.65. The largest absolute Gasteiger partial charge is 0.469 e. The Labute approximate surface area is 180 Å². The Kier molecular flexibility index (Phi) is 11.4. The summed E-state index contributed by atoms with van der Waals surface area (Å²) in [5, 5.41) is 6.91. The Morgan fingerprint density at radius 3 is 2.41 bits per heavy atom. The maximum Gasteiger partial charge on any atom is 0.305 e. The molecule has 0 spiro atoms. The summed E-state index contributed by atoms with van der Waals surface area (Å²) in [5.74, 6) is 0.762. The number of unbranched alkanes of at least 4 members (excludes halogenated alkanes) is 3. The van der Waals surface area contributed by atoms with Gasteiger partial charge < -0.3 is 15.4 Å². The van der Waals surface area contributed by atoms with Gasteiger partial charge in [0, 0.05) is 32.0 Å². The summed E-state index contributed by atoms with van der Waals surface area (Å²) >= 11 is 0. The minimum atomic E-state index is -0.115. The predicted molar refractivity (Wildman–Crippen MR) is 122 cm³/mol. The molecular formula is C21H34IN3O2. The van der Waals surface area contributed by atoms with Crippen molar-refractivity contribution in [3.05, 3.63) is 35.9 Å². The molecule has 6 heteroatoms. The highest BCUT2D eigenvalue weighted by Crippen LogP contribution is 2.43. The van der Waals surface area contributed by atoms with Gasteiger partial charge in [0.1, 0.15) is 0 Å². The molecule has 2 rings (SSSR count). The highest BCUT2D eigenvalue weighted by atomic mass is 127. The van der Waals surface area contributed by atoms with Gasteiger partial charge in [-0.2, -0.15) is 0 Å². The zero-order valence-corrected chi connectivity index (χ0v) is 19.0. The highest BCUT2D eigenvalue weighted by Gasteiger charge is 2.38. The Balaban J connectivity index is 0.00000364. The number of nitrogens with zero attached hydrogens (tertiary/aromatic N) is 1. The van der Waals surface area contributed by atoms with Gasteiger partial charge in [-0.15, -0.1) is 24.0 Å². The van der Waals surface area contributed by atoms with Crippen molar-refractivity contribution in [1.29, 1.82) is 0 Å². The Morgan fingerprint density at radius 2 is 1.81 bits per heavy atom. The second-order valence-corrected chi connectivity index (χ2v) is 7.09. The SMILES string of the molecule is CN=C(NCCCCCCC(=O)OC)NCC1(c2ccccc2)CCC1.I. The molecule has 0 amide bonds. The third-order valence-electron chi connectivity index (χ3n) is 5.34. The first-order chi connectivity index (χ1) is 12.7. The average Bonchev–Trinajstić information content (AvgIpc) is 2.65. The van der Waals surface area contributed by atoms with Crippen LogP contribution in [0.3, 0.4) is 0 Å². The number of carbonyl (C=O) groups excluding carboxylic acids is 1. The third-order valence-corrected chi connectivity index (χ3v) is 5.34. The van der Waals surface area contributed by atoms with Crippen LogP contribution < -0.4 is 10.6 Å². The minimum Gasteiger partial charge on any atom is -0.469 e. The molecule has 152 valence electrons. The standard InChI is InChI=1S/C21H33N3O2.HI/c1-22-20(23-16-9-4-3-8-13-19(25)26-2)24-17-21(14-10-15-21)18-11-6-5-7-12-18;/h5-7,11-12H,3-4,8-10,13-17H2,1-2H3,(H2,22,23,24);1H. The number of methoxy groups -OCH3 is 1. The van der Waals surface area contributed by atoms with Gasteiger partial charge in [-0.3, -0.25) is 9.79 Å². The van der Waals surface area contributed by atoms with Crippen molar-refractivity contribution < 1.29 is 9.53 Å². The van der Waals surface area contributed by atoms with Crippen molar-refractivity contribution >= 4 is 35.9 Å². The van der Waals surface area contributed by atoms with Crippen LogP contribution in [0.25, 0.3) is 0 Å². The van der Waals surface area contributed by atoms with E-state index in [4.69, 9.17) is 0 Å². The molecule has 0 saturated heterocycles. The van der Waals surface area contributed by atoms with Crippen LogP contribution in [0.2, 0.25) is 0 Å². The van der Waals surface area contributed by atoms with Crippen LogP contribution >= 0.6 is 24.0 Å². The van der Waals surface area contributed by atoms with Gasteiger partial charge in [-0.25, -0.2) is 0 Å². The van der Waals surface area contributed by atoms with E-state index in [1.165, 1.54) is 31.9 Å². The zero-order chi connectivity index (χ0) is 18.7. The van der Waals surface area contributed by atoms with E-state index in [1.807, 2.05) is 7.05 Å². The molecular weight excluding hydrogens is 453 g/mol. The number of rotatable bonds is 10. The molecule has 0 atom stereocenters. The summed E-state index contributed by atoms with van der Waals surface area (Å²) in [6, 6.07) is 10.8. The van der Waals surface area contributed by atoms with E-state index < -0.39 is 0 Å². The topological polar surface area (TPSA) is 62.7 Å². The van der Waals surface area contributed by atoms with Crippen LogP contribution in [-0.2, 0) is 14.9 Å². The fourth-order valence-electron chi connectivity index (χ4n) is 3.49. The molecule has 1 aliphatic carbocycles. The number of ether oxygens (including phenoxy) is 1. The van der Waals surface area contributed by atoms with E-state index in [1.54, 1.807) is 0 Å². The average molecular weight is 487 g/mol. The fourth-order valence-corrected chi connectivity index (χ4v) is 3.49. The molecule has 0 radical (unpaired) electrons. The van der Waals surface area contributed by atoms with Crippen molar-refractivity contribution in [3.8, 4) is 0 Å².